The summed E-state index contributed by atoms with van der Waals surface area (Å²) in [5.74, 6) is 0. The fourth-order valence-electron chi connectivity index (χ4n) is 0.943. The predicted octanol–water partition coefficient (Wildman–Crippen LogP) is 0.332. The van der Waals surface area contributed by atoms with E-state index in [4.69, 9.17) is 0 Å². The van der Waals surface area contributed by atoms with Crippen molar-refractivity contribution in [3.8, 4) is 0 Å². The minimum atomic E-state index is 0. The molecule has 3 heteroatoms. The van der Waals surface area contributed by atoms with Crippen molar-refractivity contribution in [1.82, 2.24) is 10.2 Å². The summed E-state index contributed by atoms with van der Waals surface area (Å²) >= 11 is 0. The van der Waals surface area contributed by atoms with Gasteiger partial charge in [0, 0.05) is 25.7 Å². The Kier molecular flexibility index (Phi) is 4.19. The van der Waals surface area contributed by atoms with Gasteiger partial charge in [-0.05, 0) is 14.0 Å². The van der Waals surface area contributed by atoms with Crippen LogP contribution in [0.4, 0.5) is 0 Å². The average molecular weight is 151 g/mol. The summed E-state index contributed by atoms with van der Waals surface area (Å²) in [6, 6.07) is 0.726. The highest BCUT2D eigenvalue weighted by atomic mass is 35.5. The van der Waals surface area contributed by atoms with Crippen LogP contribution in [-0.4, -0.2) is 37.6 Å². The van der Waals surface area contributed by atoms with Crippen molar-refractivity contribution >= 4 is 12.4 Å². The van der Waals surface area contributed by atoms with Crippen LogP contribution in [0.1, 0.15) is 6.92 Å². The summed E-state index contributed by atoms with van der Waals surface area (Å²) in [5.41, 5.74) is 0. The van der Waals surface area contributed by atoms with Gasteiger partial charge in [0.15, 0.2) is 0 Å². The van der Waals surface area contributed by atoms with Gasteiger partial charge in [0.25, 0.3) is 0 Å². The first kappa shape index (κ1) is 9.21. The predicted molar refractivity (Wildman–Crippen MR) is 42.2 cm³/mol. The van der Waals surface area contributed by atoms with Crippen molar-refractivity contribution in [3.05, 3.63) is 0 Å². The third-order valence-electron chi connectivity index (χ3n) is 1.83. The average Bonchev–Trinajstić information content (AvgIpc) is 1.77. The first-order chi connectivity index (χ1) is 3.80. The lowest BCUT2D eigenvalue weighted by atomic mass is 10.2. The Bertz CT molecular complexity index is 67.5. The molecule has 2 nitrogen and oxygen atoms in total. The van der Waals surface area contributed by atoms with Crippen molar-refractivity contribution in [1.29, 1.82) is 0 Å². The van der Waals surface area contributed by atoms with E-state index in [1.54, 1.807) is 0 Å². The molecule has 1 rings (SSSR count). The first-order valence-electron chi connectivity index (χ1n) is 3.21. The first-order valence-corrected chi connectivity index (χ1v) is 3.21. The largest absolute Gasteiger partial charge is 0.314 e. The molecule has 9 heavy (non-hydrogen) atoms. The number of hydrogen-bond donors (Lipinski definition) is 1. The standard InChI is InChI=1S/C6H14N2.ClH/c1-6-5-7-3-4-8(6)2;/h6-7H,3-5H2,1-2H3;1H. The van der Waals surface area contributed by atoms with E-state index < -0.39 is 0 Å². The zero-order chi connectivity index (χ0) is 5.98. The van der Waals surface area contributed by atoms with Crippen molar-refractivity contribution in [2.45, 2.75) is 13.0 Å². The summed E-state index contributed by atoms with van der Waals surface area (Å²) in [7, 11) is 2.17. The summed E-state index contributed by atoms with van der Waals surface area (Å²) in [5, 5.41) is 3.32. The maximum atomic E-state index is 3.32. The van der Waals surface area contributed by atoms with Crippen LogP contribution in [0.15, 0.2) is 0 Å². The van der Waals surface area contributed by atoms with Crippen molar-refractivity contribution < 1.29 is 0 Å². The molecule has 0 aromatic heterocycles. The quantitative estimate of drug-likeness (QED) is 0.536. The van der Waals surface area contributed by atoms with Gasteiger partial charge in [-0.15, -0.1) is 12.4 Å². The van der Waals surface area contributed by atoms with Gasteiger partial charge in [-0.2, -0.15) is 0 Å². The molecular weight excluding hydrogens is 136 g/mol. The second-order valence-corrected chi connectivity index (χ2v) is 2.53. The second-order valence-electron chi connectivity index (χ2n) is 2.53. The summed E-state index contributed by atoms with van der Waals surface area (Å²) in [6.45, 7) is 5.74. The highest BCUT2D eigenvalue weighted by Gasteiger charge is 2.11. The van der Waals surface area contributed by atoms with Crippen LogP contribution in [0.2, 0.25) is 0 Å². The maximum Gasteiger partial charge on any atom is 0.0189 e. The molecule has 1 N–H and O–H groups in total. The number of nitrogens with one attached hydrogen (secondary N) is 1. The van der Waals surface area contributed by atoms with Crippen molar-refractivity contribution in [2.24, 2.45) is 0 Å². The van der Waals surface area contributed by atoms with Gasteiger partial charge >= 0.3 is 0 Å². The van der Waals surface area contributed by atoms with Gasteiger partial charge in [-0.1, -0.05) is 0 Å². The molecule has 1 atom stereocenters. The summed E-state index contributed by atoms with van der Waals surface area (Å²) in [4.78, 5) is 2.37. The molecule has 0 amide bonds. The lowest BCUT2D eigenvalue weighted by Crippen LogP contribution is -2.47. The Labute approximate surface area is 63.0 Å². The smallest absolute Gasteiger partial charge is 0.0189 e. The van der Waals surface area contributed by atoms with E-state index in [1.807, 2.05) is 0 Å². The van der Waals surface area contributed by atoms with Gasteiger partial charge in [0.05, 0.1) is 0 Å². The minimum absolute atomic E-state index is 0. The van der Waals surface area contributed by atoms with Crippen LogP contribution >= 0.6 is 12.4 Å². The molecule has 0 saturated carbocycles. The molecule has 1 unspecified atom stereocenters. The molecule has 1 aliphatic rings. The molecule has 0 aromatic carbocycles. The van der Waals surface area contributed by atoms with Crippen LogP contribution in [0.3, 0.4) is 0 Å². The van der Waals surface area contributed by atoms with Crippen molar-refractivity contribution in [3.63, 3.8) is 0 Å². The Morgan fingerprint density at radius 3 is 2.56 bits per heavy atom. The van der Waals surface area contributed by atoms with E-state index in [1.165, 1.54) is 6.54 Å². The molecular formula is C6H15ClN2. The van der Waals surface area contributed by atoms with Crippen LogP contribution in [0, 0.1) is 0 Å². The topological polar surface area (TPSA) is 15.3 Å². The number of halogens is 1. The Morgan fingerprint density at radius 2 is 2.22 bits per heavy atom. The molecule has 0 aromatic rings. The van der Waals surface area contributed by atoms with Crippen molar-refractivity contribution in [2.75, 3.05) is 26.7 Å². The lowest BCUT2D eigenvalue weighted by Gasteiger charge is -2.29. The highest BCUT2D eigenvalue weighted by Crippen LogP contribution is 1.95. The van der Waals surface area contributed by atoms with Crippen LogP contribution in [-0.2, 0) is 0 Å². The molecule has 1 heterocycles. The second kappa shape index (κ2) is 4.09. The van der Waals surface area contributed by atoms with Crippen LogP contribution < -0.4 is 5.32 Å². The fourth-order valence-corrected chi connectivity index (χ4v) is 0.943. The van der Waals surface area contributed by atoms with E-state index in [2.05, 4.69) is 24.2 Å². The summed E-state index contributed by atoms with van der Waals surface area (Å²) < 4.78 is 0. The SMILES string of the molecule is CC1CNCCN1C.Cl. The molecule has 0 radical (unpaired) electrons. The molecule has 1 aliphatic heterocycles. The molecule has 1 saturated heterocycles. The molecule has 0 bridgehead atoms. The van der Waals surface area contributed by atoms with Gasteiger partial charge in [0.1, 0.15) is 0 Å². The number of hydrogen-bond acceptors (Lipinski definition) is 2. The van der Waals surface area contributed by atoms with E-state index >= 15 is 0 Å². The molecule has 0 aliphatic carbocycles. The summed E-state index contributed by atoms with van der Waals surface area (Å²) in [6.07, 6.45) is 0. The zero-order valence-corrected chi connectivity index (χ0v) is 6.87. The Balaban J connectivity index is 0.000000640. The Morgan fingerprint density at radius 1 is 1.56 bits per heavy atom. The number of likely N-dealkylation sites (N-methyl/N-ethyl adjacent to an activating group) is 1. The molecule has 1 fully saturated rings. The number of piperazine rings is 1. The highest BCUT2D eigenvalue weighted by molar-refractivity contribution is 5.85. The zero-order valence-electron chi connectivity index (χ0n) is 6.05. The van der Waals surface area contributed by atoms with Gasteiger partial charge in [0.2, 0.25) is 0 Å². The Hall–Kier alpha value is 0.210. The third-order valence-corrected chi connectivity index (χ3v) is 1.83. The third kappa shape index (κ3) is 2.52. The molecule has 56 valence electrons. The van der Waals surface area contributed by atoms with E-state index in [-0.39, 0.29) is 12.4 Å². The fraction of sp³-hybridized carbons (Fsp3) is 1.00. The van der Waals surface area contributed by atoms with Crippen LogP contribution in [0.5, 0.6) is 0 Å². The normalized spacial score (nSPS) is 29.3. The van der Waals surface area contributed by atoms with E-state index in [0.717, 1.165) is 19.1 Å². The van der Waals surface area contributed by atoms with Gasteiger partial charge in [-0.3, -0.25) is 0 Å². The van der Waals surface area contributed by atoms with Crippen LogP contribution in [0.25, 0.3) is 0 Å². The number of rotatable bonds is 0. The van der Waals surface area contributed by atoms with E-state index in [0.29, 0.717) is 0 Å². The van der Waals surface area contributed by atoms with Gasteiger partial charge in [-0.25, -0.2) is 0 Å². The lowest BCUT2D eigenvalue weighted by molar-refractivity contribution is 0.215. The van der Waals surface area contributed by atoms with E-state index in [9.17, 15) is 0 Å². The maximum absolute atomic E-state index is 3.32. The monoisotopic (exact) mass is 150 g/mol. The van der Waals surface area contributed by atoms with Gasteiger partial charge < -0.3 is 10.2 Å². The molecule has 0 spiro atoms. The number of nitrogens with zero attached hydrogens (tertiary/aromatic N) is 1. The minimum Gasteiger partial charge on any atom is -0.314 e.